The topological polar surface area (TPSA) is 65.3 Å². The zero-order chi connectivity index (χ0) is 12.4. The quantitative estimate of drug-likeness (QED) is 0.611. The lowest BCUT2D eigenvalue weighted by atomic mass is 10.2. The van der Waals surface area contributed by atoms with Crippen molar-refractivity contribution in [2.45, 2.75) is 6.61 Å². The number of hydrogen-bond donors (Lipinski definition) is 0. The molecule has 17 heavy (non-hydrogen) atoms. The molecule has 0 unspecified atom stereocenters. The van der Waals surface area contributed by atoms with E-state index >= 15 is 0 Å². The number of hydrogen-bond acceptors (Lipinski definition) is 4. The van der Waals surface area contributed by atoms with E-state index in [-0.39, 0.29) is 17.0 Å². The second-order valence-electron chi connectivity index (χ2n) is 3.15. The summed E-state index contributed by atoms with van der Waals surface area (Å²) >= 11 is 0. The number of alkyl halides is 2. The minimum absolute atomic E-state index is 0.0557. The van der Waals surface area contributed by atoms with Gasteiger partial charge in [-0.1, -0.05) is 0 Å². The number of ether oxygens (including phenoxy) is 1. The van der Waals surface area contributed by atoms with E-state index in [4.69, 9.17) is 0 Å². The molecule has 0 bridgehead atoms. The normalized spacial score (nSPS) is 10.8. The lowest BCUT2D eigenvalue weighted by Crippen LogP contribution is -2.02. The van der Waals surface area contributed by atoms with Gasteiger partial charge in [0, 0.05) is 23.7 Å². The number of halogens is 2. The predicted molar refractivity (Wildman–Crippen MR) is 55.0 cm³/mol. The Balaban J connectivity index is 2.54. The van der Waals surface area contributed by atoms with Crippen LogP contribution in [-0.4, -0.2) is 16.5 Å². The molecule has 5 nitrogen and oxygen atoms in total. The summed E-state index contributed by atoms with van der Waals surface area (Å²) in [6, 6.07) is 5.02. The summed E-state index contributed by atoms with van der Waals surface area (Å²) in [6.45, 7) is -2.95. The summed E-state index contributed by atoms with van der Waals surface area (Å²) in [5.74, 6) is -0.0557. The molecule has 0 aliphatic heterocycles. The molecule has 1 aromatic heterocycles. The second kappa shape index (κ2) is 4.28. The van der Waals surface area contributed by atoms with Gasteiger partial charge in [0.2, 0.25) is 0 Å². The number of aromatic nitrogens is 1. The molecule has 0 atom stereocenters. The molecule has 0 spiro atoms. The first-order valence-corrected chi connectivity index (χ1v) is 4.56. The Morgan fingerprint density at radius 2 is 2.12 bits per heavy atom. The molecule has 0 amide bonds. The molecule has 0 radical (unpaired) electrons. The Morgan fingerprint density at radius 3 is 2.76 bits per heavy atom. The Morgan fingerprint density at radius 1 is 1.35 bits per heavy atom. The van der Waals surface area contributed by atoms with E-state index in [1.54, 1.807) is 0 Å². The van der Waals surface area contributed by atoms with Crippen molar-refractivity contribution in [2.24, 2.45) is 0 Å². The summed E-state index contributed by atoms with van der Waals surface area (Å²) in [6.07, 6.45) is 1.25. The number of fused-ring (bicyclic) bond motifs is 1. The number of nitrogens with zero attached hydrogens (tertiary/aromatic N) is 2. The Bertz CT molecular complexity index is 574. The lowest BCUT2D eigenvalue weighted by molar-refractivity contribution is -0.384. The van der Waals surface area contributed by atoms with Gasteiger partial charge in [-0.25, -0.2) is 0 Å². The minimum atomic E-state index is -2.95. The van der Waals surface area contributed by atoms with Crippen molar-refractivity contribution in [3.63, 3.8) is 0 Å². The van der Waals surface area contributed by atoms with Gasteiger partial charge in [0.15, 0.2) is 0 Å². The minimum Gasteiger partial charge on any atom is -0.434 e. The SMILES string of the molecule is O=[N+]([O-])c1ccc2c(OC(F)F)ccnc2c1. The molecular weight excluding hydrogens is 234 g/mol. The van der Waals surface area contributed by atoms with Gasteiger partial charge in [-0.15, -0.1) is 0 Å². The van der Waals surface area contributed by atoms with Gasteiger partial charge >= 0.3 is 6.61 Å². The zero-order valence-corrected chi connectivity index (χ0v) is 8.34. The smallest absolute Gasteiger partial charge is 0.387 e. The van der Waals surface area contributed by atoms with Crippen LogP contribution in [0.25, 0.3) is 10.9 Å². The van der Waals surface area contributed by atoms with E-state index < -0.39 is 11.5 Å². The van der Waals surface area contributed by atoms with Crippen LogP contribution in [0.5, 0.6) is 5.75 Å². The number of nitro benzene ring substituents is 1. The number of benzene rings is 1. The van der Waals surface area contributed by atoms with Crippen LogP contribution in [0, 0.1) is 10.1 Å². The Labute approximate surface area is 93.8 Å². The first kappa shape index (κ1) is 11.2. The molecule has 0 N–H and O–H groups in total. The molecule has 88 valence electrons. The molecule has 1 heterocycles. The predicted octanol–water partition coefficient (Wildman–Crippen LogP) is 2.74. The number of nitro groups is 1. The van der Waals surface area contributed by atoms with Crippen molar-refractivity contribution >= 4 is 16.6 Å². The molecule has 7 heteroatoms. The van der Waals surface area contributed by atoms with Gasteiger partial charge in [-0.2, -0.15) is 8.78 Å². The maximum atomic E-state index is 12.1. The summed E-state index contributed by atoms with van der Waals surface area (Å²) in [5, 5.41) is 10.8. The average Bonchev–Trinajstić information content (AvgIpc) is 2.28. The van der Waals surface area contributed by atoms with Crippen LogP contribution in [0.3, 0.4) is 0 Å². The highest BCUT2D eigenvalue weighted by Gasteiger charge is 2.12. The number of non-ortho nitro benzene ring substituents is 1. The van der Waals surface area contributed by atoms with E-state index in [9.17, 15) is 18.9 Å². The third-order valence-corrected chi connectivity index (χ3v) is 2.11. The molecule has 0 saturated heterocycles. The van der Waals surface area contributed by atoms with E-state index in [1.807, 2.05) is 0 Å². The van der Waals surface area contributed by atoms with Gasteiger partial charge in [-0.3, -0.25) is 15.1 Å². The average molecular weight is 240 g/mol. The fourth-order valence-electron chi connectivity index (χ4n) is 1.42. The maximum Gasteiger partial charge on any atom is 0.387 e. The highest BCUT2D eigenvalue weighted by molar-refractivity contribution is 5.86. The molecule has 0 fully saturated rings. The van der Waals surface area contributed by atoms with Gasteiger partial charge in [0.1, 0.15) is 5.75 Å². The highest BCUT2D eigenvalue weighted by atomic mass is 19.3. The fraction of sp³-hybridized carbons (Fsp3) is 0.100. The van der Waals surface area contributed by atoms with Crippen LogP contribution < -0.4 is 4.74 Å². The Kier molecular flexibility index (Phi) is 2.82. The lowest BCUT2D eigenvalue weighted by Gasteiger charge is -2.06. The van der Waals surface area contributed by atoms with Gasteiger partial charge in [0.25, 0.3) is 5.69 Å². The standard InChI is InChI=1S/C10H6F2N2O3/c11-10(12)17-9-3-4-13-8-5-6(14(15)16)1-2-7(8)9/h1-5,10H. The van der Waals surface area contributed by atoms with Crippen molar-refractivity contribution in [3.05, 3.63) is 40.6 Å². The highest BCUT2D eigenvalue weighted by Crippen LogP contribution is 2.27. The van der Waals surface area contributed by atoms with Crippen molar-refractivity contribution in [2.75, 3.05) is 0 Å². The molecule has 0 aliphatic rings. The first-order valence-electron chi connectivity index (χ1n) is 4.56. The maximum absolute atomic E-state index is 12.1. The van der Waals surface area contributed by atoms with Gasteiger partial charge in [-0.05, 0) is 12.1 Å². The van der Waals surface area contributed by atoms with Gasteiger partial charge in [0.05, 0.1) is 10.4 Å². The summed E-state index contributed by atoms with van der Waals surface area (Å²) < 4.78 is 28.5. The third-order valence-electron chi connectivity index (χ3n) is 2.11. The van der Waals surface area contributed by atoms with Crippen molar-refractivity contribution in [3.8, 4) is 5.75 Å². The van der Waals surface area contributed by atoms with Crippen LogP contribution in [0.1, 0.15) is 0 Å². The largest absolute Gasteiger partial charge is 0.434 e. The zero-order valence-electron chi connectivity index (χ0n) is 8.34. The van der Waals surface area contributed by atoms with Crippen LogP contribution in [0.15, 0.2) is 30.5 Å². The summed E-state index contributed by atoms with van der Waals surface area (Å²) in [5.41, 5.74) is 0.0801. The molecule has 2 rings (SSSR count). The molecule has 0 saturated carbocycles. The fourth-order valence-corrected chi connectivity index (χ4v) is 1.42. The summed E-state index contributed by atoms with van der Waals surface area (Å²) in [4.78, 5) is 13.8. The van der Waals surface area contributed by atoms with Crippen LogP contribution in [-0.2, 0) is 0 Å². The number of pyridine rings is 1. The van der Waals surface area contributed by atoms with E-state index in [0.717, 1.165) is 0 Å². The number of rotatable bonds is 3. The second-order valence-corrected chi connectivity index (χ2v) is 3.15. The molecular formula is C10H6F2N2O3. The van der Waals surface area contributed by atoms with E-state index in [0.29, 0.717) is 5.39 Å². The third kappa shape index (κ3) is 2.27. The molecule has 0 aliphatic carbocycles. The van der Waals surface area contributed by atoms with Gasteiger partial charge < -0.3 is 4.74 Å². The molecule has 1 aromatic carbocycles. The molecule has 2 aromatic rings. The van der Waals surface area contributed by atoms with Crippen LogP contribution >= 0.6 is 0 Å². The first-order chi connectivity index (χ1) is 8.08. The van der Waals surface area contributed by atoms with Crippen LogP contribution in [0.2, 0.25) is 0 Å². The van der Waals surface area contributed by atoms with Crippen molar-refractivity contribution < 1.29 is 18.4 Å². The van der Waals surface area contributed by atoms with Crippen molar-refractivity contribution in [1.82, 2.24) is 4.98 Å². The monoisotopic (exact) mass is 240 g/mol. The van der Waals surface area contributed by atoms with E-state index in [1.165, 1.54) is 30.5 Å². The Hall–Kier alpha value is -2.31. The summed E-state index contributed by atoms with van der Waals surface area (Å²) in [7, 11) is 0. The van der Waals surface area contributed by atoms with E-state index in [2.05, 4.69) is 9.72 Å². The van der Waals surface area contributed by atoms with Crippen LogP contribution in [0.4, 0.5) is 14.5 Å². The van der Waals surface area contributed by atoms with Crippen molar-refractivity contribution in [1.29, 1.82) is 0 Å².